The lowest BCUT2D eigenvalue weighted by Crippen LogP contribution is -2.45. The largest absolute Gasteiger partial charge is 0.379 e. The van der Waals surface area contributed by atoms with E-state index in [1.54, 1.807) is 18.3 Å². The van der Waals surface area contributed by atoms with Gasteiger partial charge in [-0.2, -0.15) is 5.10 Å². The van der Waals surface area contributed by atoms with Gasteiger partial charge >= 0.3 is 0 Å². The van der Waals surface area contributed by atoms with E-state index in [1.165, 1.54) is 0 Å². The standard InChI is InChI=1S/C17H22N4O2S/c1-12-10-13(2)21(19-12)8-5-7-18-16(22)17(3)11-14(20-23-17)15-6-4-9-24-15/h4,6,9-10H,5,7-8,11H2,1-3H3,(H,18,22)/t17-/m0/s1. The highest BCUT2D eigenvalue weighted by Crippen LogP contribution is 2.28. The maximum atomic E-state index is 12.4. The Morgan fingerprint density at radius 2 is 2.33 bits per heavy atom. The summed E-state index contributed by atoms with van der Waals surface area (Å²) < 4.78 is 1.97. The van der Waals surface area contributed by atoms with Gasteiger partial charge in [0.05, 0.1) is 10.6 Å². The Bertz CT molecular complexity index is 751. The van der Waals surface area contributed by atoms with Crippen LogP contribution in [0, 0.1) is 13.8 Å². The van der Waals surface area contributed by atoms with Gasteiger partial charge in [-0.1, -0.05) is 11.2 Å². The van der Waals surface area contributed by atoms with E-state index in [9.17, 15) is 4.79 Å². The number of nitrogens with one attached hydrogen (secondary N) is 1. The molecule has 128 valence electrons. The maximum Gasteiger partial charge on any atom is 0.267 e. The molecule has 7 heteroatoms. The lowest BCUT2D eigenvalue weighted by molar-refractivity contribution is -0.141. The number of thiophene rings is 1. The molecule has 0 spiro atoms. The zero-order valence-corrected chi connectivity index (χ0v) is 15.0. The van der Waals surface area contributed by atoms with Gasteiger partial charge in [-0.05, 0) is 44.7 Å². The summed E-state index contributed by atoms with van der Waals surface area (Å²) in [5.41, 5.74) is 2.07. The highest BCUT2D eigenvalue weighted by molar-refractivity contribution is 7.12. The van der Waals surface area contributed by atoms with E-state index in [1.807, 2.05) is 36.0 Å². The van der Waals surface area contributed by atoms with Gasteiger partial charge in [-0.3, -0.25) is 9.48 Å². The second-order valence-corrected chi connectivity index (χ2v) is 7.22. The van der Waals surface area contributed by atoms with Crippen LogP contribution in [0.3, 0.4) is 0 Å². The highest BCUT2D eigenvalue weighted by atomic mass is 32.1. The van der Waals surface area contributed by atoms with Crippen molar-refractivity contribution < 1.29 is 9.63 Å². The fraction of sp³-hybridized carbons (Fsp3) is 0.471. The van der Waals surface area contributed by atoms with E-state index in [0.29, 0.717) is 13.0 Å². The van der Waals surface area contributed by atoms with Crippen LogP contribution in [0.2, 0.25) is 0 Å². The Kier molecular flexibility index (Phi) is 4.71. The molecule has 2 aromatic rings. The number of hydrogen-bond donors (Lipinski definition) is 1. The van der Waals surface area contributed by atoms with Crippen LogP contribution in [0.25, 0.3) is 0 Å². The summed E-state index contributed by atoms with van der Waals surface area (Å²) in [5, 5.41) is 13.5. The van der Waals surface area contributed by atoms with Crippen molar-refractivity contribution in [1.82, 2.24) is 15.1 Å². The molecule has 0 bridgehead atoms. The topological polar surface area (TPSA) is 68.5 Å². The summed E-state index contributed by atoms with van der Waals surface area (Å²) >= 11 is 1.60. The predicted octanol–water partition coefficient (Wildman–Crippen LogP) is 2.65. The zero-order chi connectivity index (χ0) is 17.2. The van der Waals surface area contributed by atoms with Crippen molar-refractivity contribution in [3.8, 4) is 0 Å². The van der Waals surface area contributed by atoms with Crippen LogP contribution in [0.15, 0.2) is 28.7 Å². The fourth-order valence-corrected chi connectivity index (χ4v) is 3.46. The average molecular weight is 346 g/mol. The summed E-state index contributed by atoms with van der Waals surface area (Å²) in [5.74, 6) is -0.119. The van der Waals surface area contributed by atoms with Crippen LogP contribution in [0.5, 0.6) is 0 Å². The number of aromatic nitrogens is 2. The van der Waals surface area contributed by atoms with Gasteiger partial charge in [0, 0.05) is 25.2 Å². The van der Waals surface area contributed by atoms with Crippen molar-refractivity contribution in [1.29, 1.82) is 0 Å². The molecule has 3 heterocycles. The number of amides is 1. The molecule has 0 unspecified atom stereocenters. The first kappa shape index (κ1) is 16.7. The Hall–Kier alpha value is -2.15. The van der Waals surface area contributed by atoms with Crippen molar-refractivity contribution in [3.05, 3.63) is 39.8 Å². The monoisotopic (exact) mass is 346 g/mol. The van der Waals surface area contributed by atoms with Gasteiger partial charge in [0.25, 0.3) is 5.91 Å². The fourth-order valence-electron chi connectivity index (χ4n) is 2.76. The summed E-state index contributed by atoms with van der Waals surface area (Å²) in [6.45, 7) is 7.18. The van der Waals surface area contributed by atoms with Gasteiger partial charge in [0.2, 0.25) is 5.60 Å². The summed E-state index contributed by atoms with van der Waals surface area (Å²) in [6.07, 6.45) is 1.32. The Labute approximate surface area is 145 Å². The number of carbonyl (C=O) groups is 1. The van der Waals surface area contributed by atoms with Gasteiger partial charge in [-0.25, -0.2) is 0 Å². The van der Waals surface area contributed by atoms with E-state index in [4.69, 9.17) is 4.84 Å². The van der Waals surface area contributed by atoms with Gasteiger partial charge in [-0.15, -0.1) is 11.3 Å². The van der Waals surface area contributed by atoms with Gasteiger partial charge < -0.3 is 10.2 Å². The Morgan fingerprint density at radius 1 is 1.50 bits per heavy atom. The van der Waals surface area contributed by atoms with Crippen molar-refractivity contribution in [2.45, 2.75) is 45.8 Å². The Morgan fingerprint density at radius 3 is 3.00 bits per heavy atom. The molecule has 0 aromatic carbocycles. The van der Waals surface area contributed by atoms with Crippen molar-refractivity contribution in [3.63, 3.8) is 0 Å². The molecule has 3 rings (SSSR count). The van der Waals surface area contributed by atoms with Gasteiger partial charge in [0.1, 0.15) is 5.71 Å². The zero-order valence-electron chi connectivity index (χ0n) is 14.2. The number of aryl methyl sites for hydroxylation is 3. The molecular formula is C17H22N4O2S. The quantitative estimate of drug-likeness (QED) is 0.818. The number of nitrogens with zero attached hydrogens (tertiary/aromatic N) is 3. The lowest BCUT2D eigenvalue weighted by atomic mass is 9.98. The van der Waals surface area contributed by atoms with E-state index in [0.717, 1.165) is 34.9 Å². The summed E-state index contributed by atoms with van der Waals surface area (Å²) in [7, 11) is 0. The minimum atomic E-state index is -0.919. The van der Waals surface area contributed by atoms with Crippen LogP contribution in [0.4, 0.5) is 0 Å². The minimum absolute atomic E-state index is 0.119. The second-order valence-electron chi connectivity index (χ2n) is 6.27. The van der Waals surface area contributed by atoms with E-state index in [-0.39, 0.29) is 5.91 Å². The molecule has 1 atom stereocenters. The van der Waals surface area contributed by atoms with Gasteiger partial charge in [0.15, 0.2) is 0 Å². The molecule has 0 radical (unpaired) electrons. The SMILES string of the molecule is Cc1cc(C)n(CCCNC(=O)[C@]2(C)CC(c3cccs3)=NO2)n1. The molecule has 1 amide bonds. The predicted molar refractivity (Wildman–Crippen MR) is 94.3 cm³/mol. The number of hydrogen-bond acceptors (Lipinski definition) is 5. The molecule has 1 aliphatic rings. The number of oxime groups is 1. The molecule has 2 aromatic heterocycles. The van der Waals surface area contributed by atoms with Crippen LogP contribution < -0.4 is 5.32 Å². The molecule has 1 N–H and O–H groups in total. The molecule has 24 heavy (non-hydrogen) atoms. The Balaban J connectivity index is 1.46. The first-order chi connectivity index (χ1) is 11.5. The molecule has 6 nitrogen and oxygen atoms in total. The third kappa shape index (κ3) is 3.51. The smallest absolute Gasteiger partial charge is 0.267 e. The average Bonchev–Trinajstić information content (AvgIpc) is 3.25. The van der Waals surface area contributed by atoms with E-state index in [2.05, 4.69) is 21.6 Å². The van der Waals surface area contributed by atoms with E-state index < -0.39 is 5.60 Å². The lowest BCUT2D eigenvalue weighted by Gasteiger charge is -2.20. The van der Waals surface area contributed by atoms with Crippen LogP contribution >= 0.6 is 11.3 Å². The molecule has 0 saturated heterocycles. The molecule has 0 aliphatic carbocycles. The van der Waals surface area contributed by atoms with Crippen molar-refractivity contribution >= 4 is 23.0 Å². The molecular weight excluding hydrogens is 324 g/mol. The van der Waals surface area contributed by atoms with Crippen LogP contribution in [-0.2, 0) is 16.2 Å². The number of rotatable bonds is 6. The molecule has 1 aliphatic heterocycles. The first-order valence-corrected chi connectivity index (χ1v) is 8.94. The third-order valence-corrected chi connectivity index (χ3v) is 5.00. The number of carbonyl (C=O) groups excluding carboxylic acids is 1. The van der Waals surface area contributed by atoms with E-state index >= 15 is 0 Å². The molecule has 0 saturated carbocycles. The highest BCUT2D eigenvalue weighted by Gasteiger charge is 2.42. The van der Waals surface area contributed by atoms with Crippen LogP contribution in [-0.4, -0.2) is 33.5 Å². The van der Waals surface area contributed by atoms with Crippen LogP contribution in [0.1, 0.15) is 36.0 Å². The summed E-state index contributed by atoms with van der Waals surface area (Å²) in [4.78, 5) is 18.9. The van der Waals surface area contributed by atoms with Crippen molar-refractivity contribution in [2.75, 3.05) is 6.54 Å². The first-order valence-electron chi connectivity index (χ1n) is 8.06. The van der Waals surface area contributed by atoms with Crippen molar-refractivity contribution in [2.24, 2.45) is 5.16 Å². The summed E-state index contributed by atoms with van der Waals surface area (Å²) in [6, 6.07) is 6.01. The molecule has 0 fully saturated rings. The third-order valence-electron chi connectivity index (χ3n) is 4.08. The normalized spacial score (nSPS) is 19.9. The minimum Gasteiger partial charge on any atom is -0.379 e. The maximum absolute atomic E-state index is 12.4. The second kappa shape index (κ2) is 6.76.